The maximum Gasteiger partial charge on any atom is 0.328 e. The van der Waals surface area contributed by atoms with Crippen LogP contribution in [0.3, 0.4) is 0 Å². The van der Waals surface area contributed by atoms with Gasteiger partial charge in [-0.25, -0.2) is 4.79 Å². The van der Waals surface area contributed by atoms with Crippen molar-refractivity contribution in [3.05, 3.63) is 57.5 Å². The maximum absolute atomic E-state index is 13.3. The molecule has 0 spiro atoms. The van der Waals surface area contributed by atoms with Gasteiger partial charge in [0, 0.05) is 12.7 Å². The minimum Gasteiger partial charge on any atom is -0.467 e. The summed E-state index contributed by atoms with van der Waals surface area (Å²) in [5, 5.41) is 0. The molecule has 8 nitrogen and oxygen atoms in total. The number of benzene rings is 1. The number of aryl methyl sites for hydroxylation is 1. The number of likely N-dealkylation sites (tertiary alicyclic amines) is 1. The molecule has 1 aromatic heterocycles. The number of hydrogen-bond acceptors (Lipinski definition) is 6. The van der Waals surface area contributed by atoms with Gasteiger partial charge in [-0.3, -0.25) is 9.59 Å². The van der Waals surface area contributed by atoms with Crippen LogP contribution in [0.4, 0.5) is 0 Å². The molecule has 0 saturated carbocycles. The third-order valence-corrected chi connectivity index (χ3v) is 5.61. The van der Waals surface area contributed by atoms with E-state index in [2.05, 4.69) is 0 Å². The number of hydrogen-bond donors (Lipinski definition) is 0. The molecular formula is C22H24N2O6. The number of aromatic nitrogens is 1. The van der Waals surface area contributed by atoms with Crippen molar-refractivity contribution >= 4 is 11.9 Å². The quantitative estimate of drug-likeness (QED) is 0.715. The third kappa shape index (κ3) is 3.65. The summed E-state index contributed by atoms with van der Waals surface area (Å²) < 4.78 is 17.1. The first kappa shape index (κ1) is 20.0. The SMILES string of the molecule is COC(=O)C1CCCCN1C(=O)c1c(C)ccn(Cc2ccc3c(c2)OCO3)c1=O. The molecule has 2 aromatic rings. The van der Waals surface area contributed by atoms with Gasteiger partial charge in [0.1, 0.15) is 11.6 Å². The normalized spacial score (nSPS) is 17.7. The Balaban J connectivity index is 1.64. The number of esters is 1. The molecule has 158 valence electrons. The highest BCUT2D eigenvalue weighted by Gasteiger charge is 2.35. The van der Waals surface area contributed by atoms with Crippen LogP contribution < -0.4 is 15.0 Å². The molecule has 4 rings (SSSR count). The second-order valence-corrected chi connectivity index (χ2v) is 7.53. The van der Waals surface area contributed by atoms with Gasteiger partial charge in [0.25, 0.3) is 11.5 Å². The molecule has 0 aliphatic carbocycles. The molecule has 30 heavy (non-hydrogen) atoms. The zero-order valence-electron chi connectivity index (χ0n) is 17.1. The highest BCUT2D eigenvalue weighted by molar-refractivity contribution is 5.97. The monoisotopic (exact) mass is 412 g/mol. The third-order valence-electron chi connectivity index (χ3n) is 5.61. The van der Waals surface area contributed by atoms with E-state index in [-0.39, 0.29) is 24.5 Å². The van der Waals surface area contributed by atoms with E-state index in [0.717, 1.165) is 18.4 Å². The predicted octanol–water partition coefficient (Wildman–Crippen LogP) is 2.10. The molecule has 8 heteroatoms. The molecule has 2 aliphatic heterocycles. The van der Waals surface area contributed by atoms with Crippen molar-refractivity contribution in [2.24, 2.45) is 0 Å². The molecular weight excluding hydrogens is 388 g/mol. The van der Waals surface area contributed by atoms with Crippen LogP contribution in [0.15, 0.2) is 35.3 Å². The number of pyridine rings is 1. The van der Waals surface area contributed by atoms with E-state index in [0.29, 0.717) is 30.0 Å². The van der Waals surface area contributed by atoms with Crippen molar-refractivity contribution in [3.63, 3.8) is 0 Å². The minimum absolute atomic E-state index is 0.0917. The Morgan fingerprint density at radius 3 is 2.77 bits per heavy atom. The van der Waals surface area contributed by atoms with Crippen LogP contribution in [0, 0.1) is 6.92 Å². The van der Waals surface area contributed by atoms with Crippen molar-refractivity contribution in [2.45, 2.75) is 38.8 Å². The van der Waals surface area contributed by atoms with E-state index in [1.807, 2.05) is 12.1 Å². The Kier molecular flexibility index (Phi) is 5.48. The molecule has 3 heterocycles. The Bertz CT molecular complexity index is 1040. The lowest BCUT2D eigenvalue weighted by Gasteiger charge is -2.34. The first-order valence-corrected chi connectivity index (χ1v) is 9.97. The summed E-state index contributed by atoms with van der Waals surface area (Å²) in [7, 11) is 1.31. The number of rotatable bonds is 4. The summed E-state index contributed by atoms with van der Waals surface area (Å²) in [4.78, 5) is 40.1. The molecule has 1 aromatic carbocycles. The average Bonchev–Trinajstić information content (AvgIpc) is 3.23. The topological polar surface area (TPSA) is 87.1 Å². The highest BCUT2D eigenvalue weighted by Crippen LogP contribution is 2.32. The van der Waals surface area contributed by atoms with Gasteiger partial charge in [-0.05, 0) is 55.5 Å². The maximum atomic E-state index is 13.3. The van der Waals surface area contributed by atoms with Crippen LogP contribution in [0.1, 0.15) is 40.7 Å². The number of piperidine rings is 1. The summed E-state index contributed by atoms with van der Waals surface area (Å²) in [6.07, 6.45) is 3.84. The molecule has 1 unspecified atom stereocenters. The minimum atomic E-state index is -0.655. The zero-order chi connectivity index (χ0) is 21.3. The zero-order valence-corrected chi connectivity index (χ0v) is 17.1. The van der Waals surface area contributed by atoms with E-state index in [1.54, 1.807) is 25.3 Å². The van der Waals surface area contributed by atoms with Crippen LogP contribution in [0.25, 0.3) is 0 Å². The second kappa shape index (κ2) is 8.22. The summed E-state index contributed by atoms with van der Waals surface area (Å²) in [6.45, 7) is 2.63. The smallest absolute Gasteiger partial charge is 0.328 e. The Hall–Kier alpha value is -3.29. The van der Waals surface area contributed by atoms with Gasteiger partial charge < -0.3 is 23.7 Å². The molecule has 0 bridgehead atoms. The average molecular weight is 412 g/mol. The largest absolute Gasteiger partial charge is 0.467 e. The number of carbonyl (C=O) groups is 2. The van der Waals surface area contributed by atoms with Crippen molar-refractivity contribution in [3.8, 4) is 11.5 Å². The van der Waals surface area contributed by atoms with Gasteiger partial charge in [-0.2, -0.15) is 0 Å². The fourth-order valence-corrected chi connectivity index (χ4v) is 3.99. The lowest BCUT2D eigenvalue weighted by atomic mass is 10.00. The standard InChI is InChI=1S/C22H24N2O6/c1-14-8-10-23(12-15-6-7-17-18(11-15)30-13-29-17)20(25)19(14)21(26)24-9-4-3-5-16(24)22(27)28-2/h6-8,10-11,16H,3-5,9,12-13H2,1-2H3. The predicted molar refractivity (Wildman–Crippen MR) is 108 cm³/mol. The molecule has 0 radical (unpaired) electrons. The number of nitrogens with zero attached hydrogens (tertiary/aromatic N) is 2. The van der Waals surface area contributed by atoms with Crippen molar-refractivity contribution < 1.29 is 23.8 Å². The van der Waals surface area contributed by atoms with E-state index in [1.165, 1.54) is 16.6 Å². The van der Waals surface area contributed by atoms with Crippen LogP contribution >= 0.6 is 0 Å². The number of amides is 1. The highest BCUT2D eigenvalue weighted by atomic mass is 16.7. The van der Waals surface area contributed by atoms with Gasteiger partial charge in [-0.1, -0.05) is 6.07 Å². The van der Waals surface area contributed by atoms with E-state index in [9.17, 15) is 14.4 Å². The number of fused-ring (bicyclic) bond motifs is 1. The summed E-state index contributed by atoms with van der Waals surface area (Å²) >= 11 is 0. The molecule has 1 amide bonds. The Labute approximate surface area is 174 Å². The molecule has 0 N–H and O–H groups in total. The number of ether oxygens (including phenoxy) is 3. The van der Waals surface area contributed by atoms with Gasteiger partial charge in [0.2, 0.25) is 6.79 Å². The van der Waals surface area contributed by atoms with Crippen LogP contribution in [-0.4, -0.2) is 47.8 Å². The fourth-order valence-electron chi connectivity index (χ4n) is 3.99. The van der Waals surface area contributed by atoms with Crippen LogP contribution in [0.2, 0.25) is 0 Å². The Morgan fingerprint density at radius 1 is 1.17 bits per heavy atom. The van der Waals surface area contributed by atoms with Gasteiger partial charge in [0.15, 0.2) is 11.5 Å². The van der Waals surface area contributed by atoms with E-state index >= 15 is 0 Å². The van der Waals surface area contributed by atoms with Gasteiger partial charge >= 0.3 is 5.97 Å². The lowest BCUT2D eigenvalue weighted by molar-refractivity contribution is -0.147. The number of carbonyl (C=O) groups excluding carboxylic acids is 2. The summed E-state index contributed by atoms with van der Waals surface area (Å²) in [6, 6.07) is 6.58. The molecule has 1 fully saturated rings. The molecule has 1 saturated heterocycles. The lowest BCUT2D eigenvalue weighted by Crippen LogP contribution is -2.50. The molecule has 1 atom stereocenters. The van der Waals surface area contributed by atoms with Crippen molar-refractivity contribution in [1.82, 2.24) is 9.47 Å². The summed E-state index contributed by atoms with van der Waals surface area (Å²) in [5.74, 6) is 0.438. The van der Waals surface area contributed by atoms with Crippen LogP contribution in [0.5, 0.6) is 11.5 Å². The first-order valence-electron chi connectivity index (χ1n) is 9.97. The summed E-state index contributed by atoms with van der Waals surface area (Å²) in [5.41, 5.74) is 1.15. The van der Waals surface area contributed by atoms with E-state index < -0.39 is 17.9 Å². The van der Waals surface area contributed by atoms with Crippen molar-refractivity contribution in [1.29, 1.82) is 0 Å². The van der Waals surface area contributed by atoms with Gasteiger partial charge in [-0.15, -0.1) is 0 Å². The fraction of sp³-hybridized carbons (Fsp3) is 0.409. The number of methoxy groups -OCH3 is 1. The Morgan fingerprint density at radius 2 is 1.97 bits per heavy atom. The second-order valence-electron chi connectivity index (χ2n) is 7.53. The van der Waals surface area contributed by atoms with Gasteiger partial charge in [0.05, 0.1) is 13.7 Å². The first-order chi connectivity index (χ1) is 14.5. The van der Waals surface area contributed by atoms with Crippen molar-refractivity contribution in [2.75, 3.05) is 20.4 Å². The van der Waals surface area contributed by atoms with E-state index in [4.69, 9.17) is 14.2 Å². The van der Waals surface area contributed by atoms with Crippen LogP contribution in [-0.2, 0) is 16.1 Å². The molecule has 2 aliphatic rings.